The molecule has 0 aliphatic rings. The number of nitrogens with zero attached hydrogens (tertiary/aromatic N) is 2. The summed E-state index contributed by atoms with van der Waals surface area (Å²) in [5.74, 6) is -0.0492. The highest BCUT2D eigenvalue weighted by Crippen LogP contribution is 2.26. The molecule has 0 aliphatic carbocycles. The van der Waals surface area contributed by atoms with Crippen LogP contribution in [0.15, 0.2) is 48.7 Å². The highest BCUT2D eigenvalue weighted by Gasteiger charge is 2.18. The summed E-state index contributed by atoms with van der Waals surface area (Å²) in [5.41, 5.74) is 0.463. The lowest BCUT2D eigenvalue weighted by atomic mass is 10.2. The van der Waals surface area contributed by atoms with Gasteiger partial charge < -0.3 is 10.1 Å². The molecule has 0 bridgehead atoms. The van der Waals surface area contributed by atoms with E-state index in [1.54, 1.807) is 31.3 Å². The first-order chi connectivity index (χ1) is 11.5. The Bertz CT molecular complexity index is 897. The van der Waals surface area contributed by atoms with Gasteiger partial charge in [-0.2, -0.15) is 5.10 Å². The topological polar surface area (TPSA) is 64.1 Å². The second-order valence-corrected chi connectivity index (χ2v) is 5.95. The zero-order valence-electron chi connectivity index (χ0n) is 12.7. The average molecular weight is 362 g/mol. The van der Waals surface area contributed by atoms with Gasteiger partial charge >= 0.3 is 0 Å². The number of hydrogen-bond acceptors (Lipinski definition) is 4. The van der Waals surface area contributed by atoms with Crippen molar-refractivity contribution < 1.29 is 9.53 Å². The number of aromatic nitrogens is 2. The van der Waals surface area contributed by atoms with Crippen molar-refractivity contribution in [2.75, 3.05) is 5.32 Å². The van der Waals surface area contributed by atoms with Crippen LogP contribution in [0.2, 0.25) is 10.0 Å². The molecule has 0 saturated heterocycles. The summed E-state index contributed by atoms with van der Waals surface area (Å²) in [6.45, 7) is 1.63. The van der Waals surface area contributed by atoms with Crippen molar-refractivity contribution in [3.8, 4) is 5.88 Å². The number of hydrogen-bond donors (Lipinski definition) is 1. The Balaban J connectivity index is 1.76. The molecule has 122 valence electrons. The molecule has 0 radical (unpaired) electrons. The summed E-state index contributed by atoms with van der Waals surface area (Å²) in [4.78, 5) is 12.3. The van der Waals surface area contributed by atoms with Crippen LogP contribution in [0, 0.1) is 0 Å². The first-order valence-corrected chi connectivity index (χ1v) is 7.93. The number of amides is 1. The molecule has 1 amide bonds. The zero-order chi connectivity index (χ0) is 17.1. The number of ether oxygens (including phenoxy) is 1. The Labute approximate surface area is 148 Å². The number of carbonyl (C=O) groups is 1. The molecule has 3 aromatic rings. The van der Waals surface area contributed by atoms with Gasteiger partial charge in [-0.05, 0) is 31.2 Å². The van der Waals surface area contributed by atoms with Gasteiger partial charge in [-0.25, -0.2) is 0 Å². The van der Waals surface area contributed by atoms with E-state index in [2.05, 4.69) is 15.5 Å². The molecule has 1 aromatic heterocycles. The summed E-state index contributed by atoms with van der Waals surface area (Å²) in [6.07, 6.45) is 0.859. The van der Waals surface area contributed by atoms with Crippen LogP contribution in [0.25, 0.3) is 10.8 Å². The molecule has 0 aliphatic heterocycles. The van der Waals surface area contributed by atoms with E-state index < -0.39 is 6.10 Å². The second kappa shape index (κ2) is 7.03. The fourth-order valence-electron chi connectivity index (χ4n) is 2.13. The highest BCUT2D eigenvalue weighted by atomic mass is 35.5. The Kier molecular flexibility index (Phi) is 4.83. The molecular formula is C17H13Cl2N3O2. The first kappa shape index (κ1) is 16.5. The summed E-state index contributed by atoms with van der Waals surface area (Å²) < 4.78 is 5.67. The molecule has 0 spiro atoms. The standard InChI is InChI=1S/C17H13Cl2N3O2/c1-10(16(23)21-15-7-6-12(18)8-14(15)19)24-17-13-5-3-2-4-11(13)9-20-22-17/h2-10H,1H3,(H,21,23)/t10-/m0/s1. The molecule has 0 fully saturated rings. The second-order valence-electron chi connectivity index (χ2n) is 5.11. The number of halogens is 2. The van der Waals surface area contributed by atoms with Gasteiger partial charge in [0.25, 0.3) is 5.91 Å². The maximum atomic E-state index is 12.3. The van der Waals surface area contributed by atoms with Crippen molar-refractivity contribution in [1.29, 1.82) is 0 Å². The molecule has 1 heterocycles. The van der Waals surface area contributed by atoms with E-state index in [-0.39, 0.29) is 5.91 Å². The van der Waals surface area contributed by atoms with E-state index in [4.69, 9.17) is 27.9 Å². The molecule has 0 unspecified atom stereocenters. The smallest absolute Gasteiger partial charge is 0.265 e. The lowest BCUT2D eigenvalue weighted by molar-refractivity contribution is -0.122. The first-order valence-electron chi connectivity index (χ1n) is 7.17. The number of benzene rings is 2. The van der Waals surface area contributed by atoms with Gasteiger partial charge in [0, 0.05) is 15.8 Å². The Morgan fingerprint density at radius 2 is 2.00 bits per heavy atom. The van der Waals surface area contributed by atoms with Gasteiger partial charge in [-0.1, -0.05) is 41.4 Å². The van der Waals surface area contributed by atoms with Crippen LogP contribution in [0.4, 0.5) is 5.69 Å². The van der Waals surface area contributed by atoms with Crippen LogP contribution in [0.5, 0.6) is 5.88 Å². The normalized spacial score (nSPS) is 12.0. The number of carbonyl (C=O) groups excluding carboxylic acids is 1. The number of anilines is 1. The van der Waals surface area contributed by atoms with Crippen molar-refractivity contribution in [3.05, 3.63) is 58.7 Å². The summed E-state index contributed by atoms with van der Waals surface area (Å²) in [7, 11) is 0. The van der Waals surface area contributed by atoms with Crippen LogP contribution >= 0.6 is 23.2 Å². The molecule has 1 N–H and O–H groups in total. The van der Waals surface area contributed by atoms with E-state index >= 15 is 0 Å². The van der Waals surface area contributed by atoms with Crippen LogP contribution in [0.3, 0.4) is 0 Å². The maximum absolute atomic E-state index is 12.3. The molecule has 5 nitrogen and oxygen atoms in total. The highest BCUT2D eigenvalue weighted by molar-refractivity contribution is 6.36. The largest absolute Gasteiger partial charge is 0.463 e. The number of rotatable bonds is 4. The Morgan fingerprint density at radius 1 is 1.21 bits per heavy atom. The van der Waals surface area contributed by atoms with E-state index in [0.29, 0.717) is 21.6 Å². The average Bonchev–Trinajstić information content (AvgIpc) is 2.57. The van der Waals surface area contributed by atoms with E-state index in [9.17, 15) is 4.79 Å². The summed E-state index contributed by atoms with van der Waals surface area (Å²) in [5, 5.41) is 13.1. The predicted octanol–water partition coefficient (Wildman–Crippen LogP) is 4.34. The molecule has 0 saturated carbocycles. The molecule has 7 heteroatoms. The molecular weight excluding hydrogens is 349 g/mol. The Hall–Kier alpha value is -2.37. The van der Waals surface area contributed by atoms with Crippen molar-refractivity contribution >= 4 is 45.6 Å². The summed E-state index contributed by atoms with van der Waals surface area (Å²) in [6, 6.07) is 12.4. The predicted molar refractivity (Wildman–Crippen MR) is 94.7 cm³/mol. The molecule has 3 rings (SSSR count). The van der Waals surface area contributed by atoms with Crippen molar-refractivity contribution in [3.63, 3.8) is 0 Å². The fraction of sp³-hybridized carbons (Fsp3) is 0.118. The lowest BCUT2D eigenvalue weighted by Crippen LogP contribution is -2.30. The molecule has 2 aromatic carbocycles. The van der Waals surface area contributed by atoms with E-state index in [0.717, 1.165) is 10.8 Å². The van der Waals surface area contributed by atoms with Crippen LogP contribution in [-0.2, 0) is 4.79 Å². The van der Waals surface area contributed by atoms with E-state index in [1.807, 2.05) is 24.3 Å². The van der Waals surface area contributed by atoms with Gasteiger partial charge in [0.05, 0.1) is 16.9 Å². The van der Waals surface area contributed by atoms with Gasteiger partial charge in [0.2, 0.25) is 5.88 Å². The van der Waals surface area contributed by atoms with Gasteiger partial charge in [0.15, 0.2) is 6.10 Å². The summed E-state index contributed by atoms with van der Waals surface area (Å²) >= 11 is 11.9. The minimum absolute atomic E-state index is 0.304. The number of nitrogens with one attached hydrogen (secondary N) is 1. The van der Waals surface area contributed by atoms with E-state index in [1.165, 1.54) is 0 Å². The van der Waals surface area contributed by atoms with Gasteiger partial charge in [-0.15, -0.1) is 5.10 Å². The van der Waals surface area contributed by atoms with Crippen molar-refractivity contribution in [1.82, 2.24) is 10.2 Å². The third kappa shape index (κ3) is 3.58. The number of fused-ring (bicyclic) bond motifs is 1. The van der Waals surface area contributed by atoms with Gasteiger partial charge in [-0.3, -0.25) is 4.79 Å². The Morgan fingerprint density at radius 3 is 2.79 bits per heavy atom. The third-order valence-electron chi connectivity index (χ3n) is 3.38. The molecule has 24 heavy (non-hydrogen) atoms. The molecule has 1 atom stereocenters. The van der Waals surface area contributed by atoms with Crippen molar-refractivity contribution in [2.24, 2.45) is 0 Å². The third-order valence-corrected chi connectivity index (χ3v) is 3.93. The monoisotopic (exact) mass is 361 g/mol. The minimum atomic E-state index is -0.781. The SMILES string of the molecule is C[C@H](Oc1nncc2ccccc12)C(=O)Nc1ccc(Cl)cc1Cl. The van der Waals surface area contributed by atoms with Crippen LogP contribution in [-0.4, -0.2) is 22.2 Å². The van der Waals surface area contributed by atoms with Crippen molar-refractivity contribution in [2.45, 2.75) is 13.0 Å². The lowest BCUT2D eigenvalue weighted by Gasteiger charge is -2.15. The zero-order valence-corrected chi connectivity index (χ0v) is 14.2. The quantitative estimate of drug-likeness (QED) is 0.750. The maximum Gasteiger partial charge on any atom is 0.265 e. The van der Waals surface area contributed by atoms with Crippen LogP contribution < -0.4 is 10.1 Å². The van der Waals surface area contributed by atoms with Crippen LogP contribution in [0.1, 0.15) is 6.92 Å². The fourth-order valence-corrected chi connectivity index (χ4v) is 2.59. The van der Waals surface area contributed by atoms with Gasteiger partial charge in [0.1, 0.15) is 0 Å². The minimum Gasteiger partial charge on any atom is -0.463 e.